The van der Waals surface area contributed by atoms with E-state index in [-0.39, 0.29) is 5.41 Å². The van der Waals surface area contributed by atoms with Gasteiger partial charge in [0, 0.05) is 25.0 Å². The summed E-state index contributed by atoms with van der Waals surface area (Å²) in [5.74, 6) is 0.647. The second kappa shape index (κ2) is 7.07. The van der Waals surface area contributed by atoms with Gasteiger partial charge < -0.3 is 0 Å². The number of alkyl halides is 1. The Labute approximate surface area is 132 Å². The van der Waals surface area contributed by atoms with Crippen LogP contribution < -0.4 is 4.72 Å². The number of nitrogens with zero attached hydrogens (tertiary/aromatic N) is 1. The molecule has 2 aliphatic rings. The summed E-state index contributed by atoms with van der Waals surface area (Å²) in [6.07, 6.45) is 7.92. The summed E-state index contributed by atoms with van der Waals surface area (Å²) in [5.41, 5.74) is 0.119. The van der Waals surface area contributed by atoms with Crippen LogP contribution in [0.4, 0.5) is 0 Å². The van der Waals surface area contributed by atoms with Crippen molar-refractivity contribution in [3.8, 4) is 0 Å². The van der Waals surface area contributed by atoms with Crippen molar-refractivity contribution in [1.29, 1.82) is 0 Å². The normalized spacial score (nSPS) is 25.7. The van der Waals surface area contributed by atoms with Crippen LogP contribution in [0.2, 0.25) is 0 Å². The Bertz CT molecular complexity index is 399. The van der Waals surface area contributed by atoms with Crippen LogP contribution in [0, 0.1) is 11.3 Å². The number of piperidine rings is 1. The van der Waals surface area contributed by atoms with Crippen LogP contribution in [-0.4, -0.2) is 37.7 Å². The minimum absolute atomic E-state index is 0.119. The summed E-state index contributed by atoms with van der Waals surface area (Å²) in [4.78, 5) is 0. The van der Waals surface area contributed by atoms with Crippen molar-refractivity contribution in [3.05, 3.63) is 0 Å². The molecule has 1 saturated heterocycles. The van der Waals surface area contributed by atoms with Gasteiger partial charge in [-0.3, -0.25) is 0 Å². The van der Waals surface area contributed by atoms with E-state index < -0.39 is 10.2 Å². The Morgan fingerprint density at radius 2 is 1.80 bits per heavy atom. The highest BCUT2D eigenvalue weighted by atomic mass is 79.9. The fourth-order valence-corrected chi connectivity index (χ4v) is 5.34. The van der Waals surface area contributed by atoms with E-state index in [9.17, 15) is 8.42 Å². The largest absolute Gasteiger partial charge is 0.279 e. The number of halogens is 1. The zero-order chi connectivity index (χ0) is 14.6. The SMILES string of the molecule is CC1CCN(S(=O)(=O)NCC2(CBr)CCCCC2)CC1. The third kappa shape index (κ3) is 4.18. The summed E-state index contributed by atoms with van der Waals surface area (Å²) in [5, 5.41) is 0.888. The van der Waals surface area contributed by atoms with Gasteiger partial charge in [0.2, 0.25) is 0 Å². The summed E-state index contributed by atoms with van der Waals surface area (Å²) < 4.78 is 29.3. The van der Waals surface area contributed by atoms with E-state index in [1.54, 1.807) is 4.31 Å². The van der Waals surface area contributed by atoms with E-state index in [0.717, 1.165) is 31.0 Å². The highest BCUT2D eigenvalue weighted by molar-refractivity contribution is 9.09. The molecule has 0 radical (unpaired) electrons. The van der Waals surface area contributed by atoms with Crippen LogP contribution in [-0.2, 0) is 10.2 Å². The van der Waals surface area contributed by atoms with Crippen LogP contribution in [0.15, 0.2) is 0 Å². The lowest BCUT2D eigenvalue weighted by molar-refractivity contribution is 0.223. The highest BCUT2D eigenvalue weighted by Crippen LogP contribution is 2.37. The molecule has 2 fully saturated rings. The number of hydrogen-bond acceptors (Lipinski definition) is 2. The van der Waals surface area contributed by atoms with E-state index in [2.05, 4.69) is 27.6 Å². The Kier molecular flexibility index (Phi) is 5.91. The van der Waals surface area contributed by atoms with Crippen molar-refractivity contribution < 1.29 is 8.42 Å². The molecular formula is C14H27BrN2O2S. The highest BCUT2D eigenvalue weighted by Gasteiger charge is 2.34. The summed E-state index contributed by atoms with van der Waals surface area (Å²) >= 11 is 3.59. The molecule has 0 amide bonds. The molecule has 0 aromatic rings. The van der Waals surface area contributed by atoms with Crippen LogP contribution in [0.25, 0.3) is 0 Å². The van der Waals surface area contributed by atoms with Crippen LogP contribution >= 0.6 is 15.9 Å². The first kappa shape index (κ1) is 16.7. The molecule has 1 heterocycles. The molecule has 0 atom stereocenters. The molecular weight excluding hydrogens is 340 g/mol. The first-order valence-electron chi connectivity index (χ1n) is 7.78. The monoisotopic (exact) mass is 366 g/mol. The molecule has 1 N–H and O–H groups in total. The average molecular weight is 367 g/mol. The maximum atomic E-state index is 12.4. The molecule has 0 spiro atoms. The van der Waals surface area contributed by atoms with Gasteiger partial charge in [0.05, 0.1) is 0 Å². The van der Waals surface area contributed by atoms with Crippen molar-refractivity contribution >= 4 is 26.1 Å². The van der Waals surface area contributed by atoms with E-state index >= 15 is 0 Å². The third-order valence-electron chi connectivity index (χ3n) is 4.91. The Morgan fingerprint density at radius 3 is 2.35 bits per heavy atom. The third-order valence-corrected chi connectivity index (χ3v) is 7.65. The zero-order valence-corrected chi connectivity index (χ0v) is 14.8. The van der Waals surface area contributed by atoms with Crippen LogP contribution in [0.1, 0.15) is 51.9 Å². The van der Waals surface area contributed by atoms with Gasteiger partial charge in [0.25, 0.3) is 10.2 Å². The molecule has 1 aliphatic carbocycles. The second-order valence-corrected chi connectivity index (χ2v) is 8.92. The van der Waals surface area contributed by atoms with Crippen molar-refractivity contribution in [2.24, 2.45) is 11.3 Å². The van der Waals surface area contributed by atoms with Crippen LogP contribution in [0.3, 0.4) is 0 Å². The molecule has 6 heteroatoms. The van der Waals surface area contributed by atoms with Crippen molar-refractivity contribution in [2.45, 2.75) is 51.9 Å². The van der Waals surface area contributed by atoms with Gasteiger partial charge >= 0.3 is 0 Å². The first-order valence-corrected chi connectivity index (χ1v) is 10.3. The maximum Gasteiger partial charge on any atom is 0.279 e. The van der Waals surface area contributed by atoms with E-state index in [0.29, 0.717) is 25.6 Å². The Morgan fingerprint density at radius 1 is 1.20 bits per heavy atom. The average Bonchev–Trinajstić information content (AvgIpc) is 2.47. The minimum atomic E-state index is -3.29. The quantitative estimate of drug-likeness (QED) is 0.760. The lowest BCUT2D eigenvalue weighted by Crippen LogP contribution is -2.48. The van der Waals surface area contributed by atoms with E-state index in [1.807, 2.05) is 0 Å². The smallest absolute Gasteiger partial charge is 0.202 e. The van der Waals surface area contributed by atoms with Crippen LogP contribution in [0.5, 0.6) is 0 Å². The molecule has 0 aromatic heterocycles. The maximum absolute atomic E-state index is 12.4. The molecule has 0 bridgehead atoms. The molecule has 0 unspecified atom stereocenters. The molecule has 118 valence electrons. The predicted octanol–water partition coefficient (Wildman–Crippen LogP) is 2.90. The van der Waals surface area contributed by atoms with Crippen molar-refractivity contribution in [1.82, 2.24) is 9.03 Å². The van der Waals surface area contributed by atoms with Gasteiger partial charge in [-0.1, -0.05) is 42.1 Å². The molecule has 2 rings (SSSR count). The number of nitrogens with one attached hydrogen (secondary N) is 1. The molecule has 1 saturated carbocycles. The Balaban J connectivity index is 1.91. The second-order valence-electron chi connectivity index (χ2n) is 6.60. The van der Waals surface area contributed by atoms with Crippen molar-refractivity contribution in [2.75, 3.05) is 25.0 Å². The lowest BCUT2D eigenvalue weighted by Gasteiger charge is -2.37. The van der Waals surface area contributed by atoms with Gasteiger partial charge in [0.15, 0.2) is 0 Å². The summed E-state index contributed by atoms with van der Waals surface area (Å²) in [6, 6.07) is 0. The van der Waals surface area contributed by atoms with Gasteiger partial charge in [-0.15, -0.1) is 0 Å². The topological polar surface area (TPSA) is 49.4 Å². The fourth-order valence-electron chi connectivity index (χ4n) is 3.22. The van der Waals surface area contributed by atoms with Gasteiger partial charge in [-0.25, -0.2) is 4.72 Å². The summed E-state index contributed by atoms with van der Waals surface area (Å²) in [6.45, 7) is 4.10. The lowest BCUT2D eigenvalue weighted by atomic mass is 9.76. The Hall–Kier alpha value is 0.350. The number of rotatable bonds is 5. The molecule has 20 heavy (non-hydrogen) atoms. The van der Waals surface area contributed by atoms with Gasteiger partial charge in [-0.2, -0.15) is 12.7 Å². The molecule has 4 nitrogen and oxygen atoms in total. The van der Waals surface area contributed by atoms with E-state index in [4.69, 9.17) is 0 Å². The zero-order valence-electron chi connectivity index (χ0n) is 12.4. The standard InChI is InChI=1S/C14H27BrN2O2S/c1-13-5-9-17(10-6-13)20(18,19)16-12-14(11-15)7-3-2-4-8-14/h13,16H,2-12H2,1H3. The number of hydrogen-bond donors (Lipinski definition) is 1. The van der Waals surface area contributed by atoms with Crippen molar-refractivity contribution in [3.63, 3.8) is 0 Å². The molecule has 1 aliphatic heterocycles. The fraction of sp³-hybridized carbons (Fsp3) is 1.00. The predicted molar refractivity (Wildman–Crippen MR) is 86.2 cm³/mol. The molecule has 0 aromatic carbocycles. The van der Waals surface area contributed by atoms with Gasteiger partial charge in [-0.05, 0) is 37.0 Å². The first-order chi connectivity index (χ1) is 9.47. The minimum Gasteiger partial charge on any atom is -0.202 e. The van der Waals surface area contributed by atoms with Gasteiger partial charge in [0.1, 0.15) is 0 Å². The van der Waals surface area contributed by atoms with E-state index in [1.165, 1.54) is 19.3 Å². The summed E-state index contributed by atoms with van der Waals surface area (Å²) in [7, 11) is -3.29.